The topological polar surface area (TPSA) is 74.4 Å². The van der Waals surface area contributed by atoms with Crippen LogP contribution < -0.4 is 15.2 Å². The number of ether oxygens (including phenoxy) is 2. The van der Waals surface area contributed by atoms with Crippen molar-refractivity contribution in [2.45, 2.75) is 13.3 Å². The van der Waals surface area contributed by atoms with Crippen LogP contribution in [0.25, 0.3) is 11.1 Å². The Labute approximate surface area is 217 Å². The zero-order chi connectivity index (χ0) is 25.9. The molecule has 8 nitrogen and oxygen atoms in total. The molecule has 0 bridgehead atoms. The molecule has 3 aromatic carbocycles. The van der Waals surface area contributed by atoms with Crippen LogP contribution in [0.4, 0.5) is 11.4 Å². The van der Waals surface area contributed by atoms with E-state index < -0.39 is 0 Å². The molecule has 0 aromatic heterocycles. The summed E-state index contributed by atoms with van der Waals surface area (Å²) in [5.74, 6) is 0.930. The number of aryl methyl sites for hydroxylation is 1. The fraction of sp³-hybridized carbons (Fsp3) is 0.310. The third kappa shape index (κ3) is 5.24. The summed E-state index contributed by atoms with van der Waals surface area (Å²) >= 11 is 0. The van der Waals surface area contributed by atoms with Gasteiger partial charge in [-0.25, -0.2) is 5.01 Å². The second-order valence-corrected chi connectivity index (χ2v) is 9.56. The number of benzene rings is 3. The number of nitrogens with zero attached hydrogens (tertiary/aromatic N) is 3. The van der Waals surface area contributed by atoms with Gasteiger partial charge < -0.3 is 19.3 Å². The lowest BCUT2D eigenvalue weighted by Gasteiger charge is -2.26. The average molecular weight is 501 g/mol. The molecule has 0 radical (unpaired) electrons. The largest absolute Gasteiger partial charge is 0.468 e. The quantitative estimate of drug-likeness (QED) is 0.553. The first kappa shape index (κ1) is 24.6. The van der Waals surface area contributed by atoms with Gasteiger partial charge in [-0.1, -0.05) is 36.4 Å². The van der Waals surface area contributed by atoms with Crippen LogP contribution in [0.3, 0.4) is 0 Å². The number of amides is 2. The Bertz CT molecular complexity index is 1300. The average Bonchev–Trinajstić information content (AvgIpc) is 3.32. The minimum Gasteiger partial charge on any atom is -0.468 e. The molecule has 1 saturated heterocycles. The maximum absolute atomic E-state index is 12.6. The van der Waals surface area contributed by atoms with Crippen LogP contribution in [0.1, 0.15) is 21.5 Å². The molecule has 0 atom stereocenters. The summed E-state index contributed by atoms with van der Waals surface area (Å²) < 4.78 is 11.4. The van der Waals surface area contributed by atoms with Gasteiger partial charge in [-0.3, -0.25) is 15.0 Å². The van der Waals surface area contributed by atoms with Gasteiger partial charge in [0.05, 0.1) is 25.3 Å². The molecule has 5 rings (SSSR count). The zero-order valence-corrected chi connectivity index (χ0v) is 21.5. The van der Waals surface area contributed by atoms with Gasteiger partial charge in [0.15, 0.2) is 12.5 Å². The van der Waals surface area contributed by atoms with Crippen LogP contribution in [0.15, 0.2) is 60.7 Å². The maximum Gasteiger partial charge on any atom is 0.253 e. The molecular formula is C29H32N4O4. The monoisotopic (exact) mass is 500 g/mol. The van der Waals surface area contributed by atoms with Crippen molar-refractivity contribution in [2.75, 3.05) is 57.6 Å². The Morgan fingerprint density at radius 1 is 1.00 bits per heavy atom. The second-order valence-electron chi connectivity index (χ2n) is 9.56. The molecule has 3 aromatic rings. The first-order valence-electron chi connectivity index (χ1n) is 12.5. The highest BCUT2D eigenvalue weighted by Gasteiger charge is 2.25. The van der Waals surface area contributed by atoms with E-state index in [-0.39, 0.29) is 11.8 Å². The van der Waals surface area contributed by atoms with E-state index in [1.54, 1.807) is 19.0 Å². The molecule has 0 aliphatic carbocycles. The summed E-state index contributed by atoms with van der Waals surface area (Å²) in [7, 11) is 3.51. The molecule has 192 valence electrons. The molecule has 1 fully saturated rings. The van der Waals surface area contributed by atoms with E-state index in [1.165, 1.54) is 0 Å². The normalized spacial score (nSPS) is 14.7. The summed E-state index contributed by atoms with van der Waals surface area (Å²) in [6.07, 6.45) is 0.389. The van der Waals surface area contributed by atoms with Crippen molar-refractivity contribution in [1.29, 1.82) is 0 Å². The van der Waals surface area contributed by atoms with Crippen molar-refractivity contribution in [3.63, 3.8) is 0 Å². The highest BCUT2D eigenvalue weighted by molar-refractivity contribution is 5.95. The Hall–Kier alpha value is -4.04. The number of para-hydroxylation sites is 1. The summed E-state index contributed by atoms with van der Waals surface area (Å²) in [6, 6.07) is 19.9. The molecular weight excluding hydrogens is 468 g/mol. The lowest BCUT2D eigenvalue weighted by Crippen LogP contribution is -2.41. The summed E-state index contributed by atoms with van der Waals surface area (Å²) in [6.45, 7) is 4.83. The van der Waals surface area contributed by atoms with E-state index in [1.807, 2.05) is 77.5 Å². The summed E-state index contributed by atoms with van der Waals surface area (Å²) in [4.78, 5) is 28.4. The van der Waals surface area contributed by atoms with Gasteiger partial charge in [0.2, 0.25) is 5.91 Å². The second kappa shape index (κ2) is 10.5. The van der Waals surface area contributed by atoms with Crippen LogP contribution in [0, 0.1) is 6.92 Å². The predicted molar refractivity (Wildman–Crippen MR) is 144 cm³/mol. The lowest BCUT2D eigenvalue weighted by atomic mass is 10.0. The SMILES string of the molecule is Cc1cc(NN2COc3c(-c4ccc(CC(=O)N5CCOCC5)cc4)cccc32)ccc1C(=O)N(C)C. The highest BCUT2D eigenvalue weighted by atomic mass is 16.5. The van der Waals surface area contributed by atoms with E-state index in [0.29, 0.717) is 45.0 Å². The van der Waals surface area contributed by atoms with Gasteiger partial charge in [0, 0.05) is 38.3 Å². The number of morpholine rings is 1. The van der Waals surface area contributed by atoms with E-state index >= 15 is 0 Å². The highest BCUT2D eigenvalue weighted by Crippen LogP contribution is 2.42. The molecule has 2 aliphatic heterocycles. The molecule has 0 saturated carbocycles. The Kier molecular flexibility index (Phi) is 7.01. The van der Waals surface area contributed by atoms with Crippen molar-refractivity contribution in [3.8, 4) is 16.9 Å². The smallest absolute Gasteiger partial charge is 0.253 e. The minimum absolute atomic E-state index is 0.0139. The third-order valence-electron chi connectivity index (χ3n) is 6.73. The number of carbonyl (C=O) groups is 2. The molecule has 0 unspecified atom stereocenters. The molecule has 0 spiro atoms. The fourth-order valence-corrected chi connectivity index (χ4v) is 4.68. The number of carbonyl (C=O) groups excluding carboxylic acids is 2. The van der Waals surface area contributed by atoms with E-state index in [2.05, 4.69) is 5.43 Å². The molecule has 2 aliphatic rings. The van der Waals surface area contributed by atoms with Crippen LogP contribution in [-0.4, -0.2) is 68.7 Å². The van der Waals surface area contributed by atoms with Crippen molar-refractivity contribution >= 4 is 23.2 Å². The molecule has 37 heavy (non-hydrogen) atoms. The van der Waals surface area contributed by atoms with Gasteiger partial charge in [-0.2, -0.15) is 0 Å². The molecule has 1 N–H and O–H groups in total. The number of hydrogen-bond acceptors (Lipinski definition) is 6. The minimum atomic E-state index is -0.0139. The number of anilines is 2. The number of nitrogens with one attached hydrogen (secondary N) is 1. The van der Waals surface area contributed by atoms with Gasteiger partial charge in [-0.15, -0.1) is 0 Å². The van der Waals surface area contributed by atoms with E-state index in [9.17, 15) is 9.59 Å². The molecule has 8 heteroatoms. The van der Waals surface area contributed by atoms with Crippen molar-refractivity contribution < 1.29 is 19.1 Å². The zero-order valence-electron chi connectivity index (χ0n) is 21.5. The first-order valence-corrected chi connectivity index (χ1v) is 12.5. The van der Waals surface area contributed by atoms with E-state index in [0.717, 1.165) is 39.4 Å². The number of hydrazine groups is 1. The Morgan fingerprint density at radius 3 is 2.46 bits per heavy atom. The number of rotatable bonds is 6. The Morgan fingerprint density at radius 2 is 1.76 bits per heavy atom. The van der Waals surface area contributed by atoms with Gasteiger partial charge in [-0.05, 0) is 47.9 Å². The van der Waals surface area contributed by atoms with E-state index in [4.69, 9.17) is 9.47 Å². The van der Waals surface area contributed by atoms with Crippen LogP contribution in [0.5, 0.6) is 5.75 Å². The van der Waals surface area contributed by atoms with Gasteiger partial charge in [0.25, 0.3) is 5.91 Å². The van der Waals surface area contributed by atoms with Gasteiger partial charge in [0.1, 0.15) is 5.69 Å². The van der Waals surface area contributed by atoms with Gasteiger partial charge >= 0.3 is 0 Å². The summed E-state index contributed by atoms with van der Waals surface area (Å²) in [5, 5.41) is 1.95. The Balaban J connectivity index is 1.30. The molecule has 2 amide bonds. The standard InChI is InChI=1S/C29H32N4O4/c1-20-17-23(11-12-24(20)29(35)31(2)3)30-33-19-37-28-25(5-4-6-26(28)33)22-9-7-21(8-10-22)18-27(34)32-13-15-36-16-14-32/h4-12,17,30H,13-16,18-19H2,1-3H3. The number of fused-ring (bicyclic) bond motifs is 1. The fourth-order valence-electron chi connectivity index (χ4n) is 4.68. The van der Waals surface area contributed by atoms with Crippen molar-refractivity contribution in [1.82, 2.24) is 9.80 Å². The van der Waals surface area contributed by atoms with Crippen LogP contribution in [-0.2, 0) is 16.0 Å². The first-order chi connectivity index (χ1) is 17.9. The van der Waals surface area contributed by atoms with Crippen molar-refractivity contribution in [3.05, 3.63) is 77.4 Å². The lowest BCUT2D eigenvalue weighted by molar-refractivity contribution is -0.134. The summed E-state index contributed by atoms with van der Waals surface area (Å²) in [5.41, 5.74) is 9.84. The third-order valence-corrected chi connectivity index (χ3v) is 6.73. The van der Waals surface area contributed by atoms with Crippen LogP contribution >= 0.6 is 0 Å². The predicted octanol–water partition coefficient (Wildman–Crippen LogP) is 3.95. The number of hydrogen-bond donors (Lipinski definition) is 1. The molecule has 2 heterocycles. The van der Waals surface area contributed by atoms with Crippen molar-refractivity contribution in [2.24, 2.45) is 0 Å². The maximum atomic E-state index is 12.6. The van der Waals surface area contributed by atoms with Crippen LogP contribution in [0.2, 0.25) is 0 Å².